The number of ether oxygens (including phenoxy) is 2. The van der Waals surface area contributed by atoms with Gasteiger partial charge < -0.3 is 30.3 Å². The van der Waals surface area contributed by atoms with Gasteiger partial charge in [-0.15, -0.1) is 0 Å². The van der Waals surface area contributed by atoms with Gasteiger partial charge in [0, 0.05) is 12.8 Å². The number of aliphatic hydroxyl groups excluding tert-OH is 1. The van der Waals surface area contributed by atoms with Gasteiger partial charge in [-0.1, -0.05) is 148 Å². The largest absolute Gasteiger partial charge is 0.480 e. The standard InChI is InChI=1S/C48H72NO11P/c1-3-5-7-9-11-13-15-17-19-21-23-25-27-29-31-33-35-37-47(52)60-44(41-58-61(55,56)59-42-45(49)48(53)54)40-57-46(51)39-38-43(50)36-34-32-30-28-26-24-22-20-18-16-14-12-10-8-6-4-2/h5-8,11-14,17-20,23-26,29-32,34,36,43-45,50H,3-4,9-10,15-16,21-22,27-28,33,35,37-42,49H2,1-2H3,(H,53,54)(H,55,56)/b7-5-,8-6-,13-11-,14-12-,19-17-,20-18-,25-23-,26-24-,31-29-,32-30-,36-34-/t43?,44-,45+/m1/s1. The monoisotopic (exact) mass is 869 g/mol. The molecule has 0 spiro atoms. The molecule has 0 saturated carbocycles. The molecule has 12 nitrogen and oxygen atoms in total. The van der Waals surface area contributed by atoms with Crippen molar-refractivity contribution in [2.75, 3.05) is 19.8 Å². The Kier molecular flexibility index (Phi) is 38.0. The number of esters is 2. The molecule has 5 N–H and O–H groups in total. The SMILES string of the molecule is CC/C=C\C/C=C\C/C=C\C/C=C\C/C=C\C=C/C(O)CCC(=O)OC[C@H](COP(=O)(O)OC[C@H](N)C(=O)O)OC(=O)CCC/C=C\C/C=C\C/C=C\C/C=C\C/C=C\CC. The van der Waals surface area contributed by atoms with Crippen LogP contribution in [0, 0.1) is 0 Å². The van der Waals surface area contributed by atoms with E-state index in [0.717, 1.165) is 64.2 Å². The van der Waals surface area contributed by atoms with Gasteiger partial charge >= 0.3 is 25.7 Å². The molecule has 0 aliphatic rings. The fraction of sp³-hybridized carbons (Fsp3) is 0.479. The number of carboxylic acid groups (broad SMARTS) is 1. The summed E-state index contributed by atoms with van der Waals surface area (Å²) in [6, 6.07) is -1.57. The first-order chi connectivity index (χ1) is 29.5. The van der Waals surface area contributed by atoms with Crippen LogP contribution in [0.1, 0.15) is 110 Å². The van der Waals surface area contributed by atoms with Crippen molar-refractivity contribution in [2.45, 2.75) is 128 Å². The fourth-order valence-corrected chi connectivity index (χ4v) is 5.46. The second kappa shape index (κ2) is 41.0. The van der Waals surface area contributed by atoms with Gasteiger partial charge in [-0.3, -0.25) is 23.4 Å². The molecule has 0 radical (unpaired) electrons. The van der Waals surface area contributed by atoms with Gasteiger partial charge in [0.25, 0.3) is 0 Å². The zero-order chi connectivity index (χ0) is 45.1. The minimum Gasteiger partial charge on any atom is -0.480 e. The van der Waals surface area contributed by atoms with E-state index in [2.05, 4.69) is 116 Å². The average Bonchev–Trinajstić information content (AvgIpc) is 3.23. The number of carbonyl (C=O) groups is 3. The van der Waals surface area contributed by atoms with Crippen LogP contribution in [0.5, 0.6) is 0 Å². The molecule has 61 heavy (non-hydrogen) atoms. The molecular formula is C48H72NO11P. The summed E-state index contributed by atoms with van der Waals surface area (Å²) in [4.78, 5) is 46.0. The van der Waals surface area contributed by atoms with Gasteiger partial charge in [0.2, 0.25) is 0 Å². The first-order valence-corrected chi connectivity index (χ1v) is 22.8. The second-order valence-corrected chi connectivity index (χ2v) is 15.0. The third-order valence-electron chi connectivity index (χ3n) is 8.01. The second-order valence-electron chi connectivity index (χ2n) is 13.6. The van der Waals surface area contributed by atoms with Crippen LogP contribution < -0.4 is 5.73 Å². The Bertz CT molecular complexity index is 1550. The number of rotatable bonds is 37. The van der Waals surface area contributed by atoms with Crippen LogP contribution >= 0.6 is 7.82 Å². The number of nitrogens with two attached hydrogens (primary N) is 1. The minimum absolute atomic E-state index is 0.0237. The summed E-state index contributed by atoms with van der Waals surface area (Å²) >= 11 is 0. The van der Waals surface area contributed by atoms with Crippen molar-refractivity contribution in [2.24, 2.45) is 5.73 Å². The Balaban J connectivity index is 4.73. The van der Waals surface area contributed by atoms with E-state index in [9.17, 15) is 28.9 Å². The summed E-state index contributed by atoms with van der Waals surface area (Å²) in [6.45, 7) is 2.23. The topological polar surface area (TPSA) is 192 Å². The van der Waals surface area contributed by atoms with Crippen LogP contribution in [-0.4, -0.2) is 71.1 Å². The summed E-state index contributed by atoms with van der Waals surface area (Å²) in [6.07, 6.45) is 52.9. The Morgan fingerprint density at radius 3 is 1.51 bits per heavy atom. The molecule has 0 aromatic heterocycles. The number of phosphoric acid groups is 1. The highest BCUT2D eigenvalue weighted by atomic mass is 31.2. The average molecular weight is 870 g/mol. The maximum atomic E-state index is 12.6. The molecule has 0 fully saturated rings. The minimum atomic E-state index is -4.80. The maximum absolute atomic E-state index is 12.6. The van der Waals surface area contributed by atoms with Crippen molar-refractivity contribution in [1.82, 2.24) is 0 Å². The number of unbranched alkanes of at least 4 members (excludes halogenated alkanes) is 1. The summed E-state index contributed by atoms with van der Waals surface area (Å²) in [5.74, 6) is -2.79. The number of hydrogen-bond acceptors (Lipinski definition) is 10. The van der Waals surface area contributed by atoms with Crippen molar-refractivity contribution in [3.8, 4) is 0 Å². The quantitative estimate of drug-likeness (QED) is 0.0152. The van der Waals surface area contributed by atoms with E-state index >= 15 is 0 Å². The third kappa shape index (κ3) is 40.7. The van der Waals surface area contributed by atoms with E-state index < -0.39 is 63.8 Å². The van der Waals surface area contributed by atoms with E-state index in [-0.39, 0.29) is 19.3 Å². The summed E-state index contributed by atoms with van der Waals surface area (Å²) in [7, 11) is -4.80. The molecule has 0 aliphatic heterocycles. The van der Waals surface area contributed by atoms with Crippen molar-refractivity contribution in [1.29, 1.82) is 0 Å². The van der Waals surface area contributed by atoms with Gasteiger partial charge in [0.05, 0.1) is 19.3 Å². The molecule has 2 unspecified atom stereocenters. The summed E-state index contributed by atoms with van der Waals surface area (Å²) in [5, 5.41) is 19.2. The lowest BCUT2D eigenvalue weighted by atomic mass is 10.2. The Hall–Kier alpha value is -4.42. The van der Waals surface area contributed by atoms with E-state index in [1.165, 1.54) is 0 Å². The Morgan fingerprint density at radius 2 is 1.03 bits per heavy atom. The van der Waals surface area contributed by atoms with Crippen LogP contribution in [0.2, 0.25) is 0 Å². The van der Waals surface area contributed by atoms with Crippen LogP contribution in [0.25, 0.3) is 0 Å². The molecule has 4 atom stereocenters. The smallest absolute Gasteiger partial charge is 0.472 e. The van der Waals surface area contributed by atoms with Crippen molar-refractivity contribution in [3.63, 3.8) is 0 Å². The predicted octanol–water partition coefficient (Wildman–Crippen LogP) is 10.4. The molecule has 0 bridgehead atoms. The van der Waals surface area contributed by atoms with Crippen molar-refractivity contribution < 1.29 is 52.6 Å². The van der Waals surface area contributed by atoms with Gasteiger partial charge in [-0.05, 0) is 83.5 Å². The van der Waals surface area contributed by atoms with Crippen LogP contribution in [0.3, 0.4) is 0 Å². The number of aliphatic carboxylic acids is 1. The maximum Gasteiger partial charge on any atom is 0.472 e. The van der Waals surface area contributed by atoms with Crippen molar-refractivity contribution >= 4 is 25.7 Å². The molecule has 0 aliphatic carbocycles. The van der Waals surface area contributed by atoms with E-state index in [1.54, 1.807) is 18.2 Å². The van der Waals surface area contributed by atoms with Gasteiger partial charge in [0.1, 0.15) is 12.6 Å². The first-order valence-electron chi connectivity index (χ1n) is 21.3. The van der Waals surface area contributed by atoms with Gasteiger partial charge in [-0.2, -0.15) is 0 Å². The number of hydrogen-bond donors (Lipinski definition) is 4. The summed E-state index contributed by atoms with van der Waals surface area (Å²) < 4.78 is 32.4. The van der Waals surface area contributed by atoms with Gasteiger partial charge in [0.15, 0.2) is 6.10 Å². The predicted molar refractivity (Wildman–Crippen MR) is 245 cm³/mol. The lowest BCUT2D eigenvalue weighted by Crippen LogP contribution is -2.34. The van der Waals surface area contributed by atoms with Crippen LogP contribution in [0.4, 0.5) is 0 Å². The molecule has 340 valence electrons. The number of aliphatic hydroxyl groups is 1. The third-order valence-corrected chi connectivity index (χ3v) is 8.96. The van der Waals surface area contributed by atoms with Crippen LogP contribution in [-0.2, 0) is 37.5 Å². The molecule has 0 saturated heterocycles. The Morgan fingerprint density at radius 1 is 0.590 bits per heavy atom. The van der Waals surface area contributed by atoms with Crippen molar-refractivity contribution in [3.05, 3.63) is 134 Å². The lowest BCUT2D eigenvalue weighted by molar-refractivity contribution is -0.161. The molecule has 0 aromatic carbocycles. The van der Waals surface area contributed by atoms with E-state index in [4.69, 9.17) is 24.8 Å². The molecule has 13 heteroatoms. The van der Waals surface area contributed by atoms with Gasteiger partial charge in [-0.25, -0.2) is 4.57 Å². The van der Waals surface area contributed by atoms with Crippen LogP contribution in [0.15, 0.2) is 134 Å². The zero-order valence-electron chi connectivity index (χ0n) is 36.3. The highest BCUT2D eigenvalue weighted by Crippen LogP contribution is 2.43. The normalized spacial score (nSPS) is 15.5. The summed E-state index contributed by atoms with van der Waals surface area (Å²) in [5.41, 5.74) is 5.31. The molecular weight excluding hydrogens is 797 g/mol. The number of carboxylic acids is 1. The highest BCUT2D eigenvalue weighted by Gasteiger charge is 2.28. The first kappa shape index (κ1) is 56.6. The number of allylic oxidation sites excluding steroid dienone is 21. The zero-order valence-corrected chi connectivity index (χ0v) is 37.2. The van der Waals surface area contributed by atoms with E-state index in [1.807, 2.05) is 18.2 Å². The molecule has 0 amide bonds. The molecule has 0 aromatic rings. The Labute approximate surface area is 365 Å². The molecule has 0 rings (SSSR count). The number of carbonyl (C=O) groups excluding carboxylic acids is 2. The van der Waals surface area contributed by atoms with E-state index in [0.29, 0.717) is 12.8 Å². The fourth-order valence-electron chi connectivity index (χ4n) is 4.68. The molecule has 0 heterocycles. The number of phosphoric ester groups is 1. The lowest BCUT2D eigenvalue weighted by Gasteiger charge is -2.20. The highest BCUT2D eigenvalue weighted by molar-refractivity contribution is 7.47.